The first-order chi connectivity index (χ1) is 10.1. The van der Waals surface area contributed by atoms with Crippen LogP contribution in [0.1, 0.15) is 45.7 Å². The largest absolute Gasteiger partial charge is 0.364 e. The van der Waals surface area contributed by atoms with Gasteiger partial charge in [-0.05, 0) is 56.8 Å². The monoisotopic (exact) mass is 290 g/mol. The molecular formula is C15H22N4O2. The number of nitrogens with two attached hydrogens (primary N) is 1. The Kier molecular flexibility index (Phi) is 5.27. The third-order valence-corrected chi connectivity index (χ3v) is 3.92. The first kappa shape index (κ1) is 15.4. The van der Waals surface area contributed by atoms with Crippen molar-refractivity contribution in [3.63, 3.8) is 0 Å². The third kappa shape index (κ3) is 4.01. The fourth-order valence-corrected chi connectivity index (χ4v) is 2.69. The molecule has 2 amide bonds. The van der Waals surface area contributed by atoms with Gasteiger partial charge < -0.3 is 16.4 Å². The third-order valence-electron chi connectivity index (χ3n) is 3.92. The van der Waals surface area contributed by atoms with E-state index in [-0.39, 0.29) is 11.6 Å². The number of piperidine rings is 1. The predicted octanol–water partition coefficient (Wildman–Crippen LogP) is 0.608. The molecule has 1 fully saturated rings. The molecular weight excluding hydrogens is 268 g/mol. The van der Waals surface area contributed by atoms with Gasteiger partial charge in [-0.25, -0.2) is 0 Å². The molecule has 1 aromatic heterocycles. The Balaban J connectivity index is 1.91. The number of aromatic nitrogens is 1. The molecule has 1 saturated heterocycles. The molecule has 114 valence electrons. The molecule has 0 saturated carbocycles. The molecule has 0 radical (unpaired) electrons. The highest BCUT2D eigenvalue weighted by Gasteiger charge is 2.16. The average Bonchev–Trinajstić information content (AvgIpc) is 2.48. The van der Waals surface area contributed by atoms with Crippen LogP contribution in [0.5, 0.6) is 0 Å². The number of pyridine rings is 1. The second-order valence-corrected chi connectivity index (χ2v) is 5.45. The standard InChI is InChI=1S/C15H22N4O2/c1-10-12(5-8-18-13(10)14(16)20)15(21)19-7-4-11-3-2-6-17-9-11/h5,8,11,17H,2-4,6-7,9H2,1H3,(H2,16,20)(H,19,21). The van der Waals surface area contributed by atoms with E-state index in [0.717, 1.165) is 19.5 Å². The van der Waals surface area contributed by atoms with Gasteiger partial charge in [0.15, 0.2) is 0 Å². The fraction of sp³-hybridized carbons (Fsp3) is 0.533. The van der Waals surface area contributed by atoms with E-state index in [1.54, 1.807) is 13.0 Å². The van der Waals surface area contributed by atoms with E-state index in [2.05, 4.69) is 15.6 Å². The number of rotatable bonds is 5. The lowest BCUT2D eigenvalue weighted by Gasteiger charge is -2.22. The highest BCUT2D eigenvalue weighted by molar-refractivity contribution is 6.00. The first-order valence-electron chi connectivity index (χ1n) is 7.34. The number of carbonyl (C=O) groups excluding carboxylic acids is 2. The zero-order chi connectivity index (χ0) is 15.2. The summed E-state index contributed by atoms with van der Waals surface area (Å²) in [4.78, 5) is 27.3. The van der Waals surface area contributed by atoms with Crippen LogP contribution < -0.4 is 16.4 Å². The van der Waals surface area contributed by atoms with Gasteiger partial charge in [0.2, 0.25) is 0 Å². The SMILES string of the molecule is Cc1c(C(=O)NCCC2CCCNC2)ccnc1C(N)=O. The maximum atomic E-state index is 12.2. The van der Waals surface area contributed by atoms with Crippen molar-refractivity contribution in [3.8, 4) is 0 Å². The minimum atomic E-state index is -0.615. The fourth-order valence-electron chi connectivity index (χ4n) is 2.69. The Hall–Kier alpha value is -1.95. The molecule has 6 nitrogen and oxygen atoms in total. The molecule has 2 rings (SSSR count). The van der Waals surface area contributed by atoms with Crippen LogP contribution in [0.4, 0.5) is 0 Å². The van der Waals surface area contributed by atoms with Gasteiger partial charge in [0.25, 0.3) is 11.8 Å². The van der Waals surface area contributed by atoms with Crippen LogP contribution >= 0.6 is 0 Å². The lowest BCUT2D eigenvalue weighted by Crippen LogP contribution is -2.33. The minimum Gasteiger partial charge on any atom is -0.364 e. The van der Waals surface area contributed by atoms with E-state index in [4.69, 9.17) is 5.73 Å². The van der Waals surface area contributed by atoms with Gasteiger partial charge in [-0.3, -0.25) is 14.6 Å². The van der Waals surface area contributed by atoms with Crippen molar-refractivity contribution in [1.29, 1.82) is 0 Å². The summed E-state index contributed by atoms with van der Waals surface area (Å²) in [6.45, 7) is 4.44. The van der Waals surface area contributed by atoms with Crippen molar-refractivity contribution >= 4 is 11.8 Å². The van der Waals surface area contributed by atoms with Crippen molar-refractivity contribution in [2.45, 2.75) is 26.2 Å². The summed E-state index contributed by atoms with van der Waals surface area (Å²) in [6.07, 6.45) is 4.81. The van der Waals surface area contributed by atoms with Crippen LogP contribution in [-0.2, 0) is 0 Å². The van der Waals surface area contributed by atoms with Gasteiger partial charge in [0.05, 0.1) is 0 Å². The molecule has 2 heterocycles. The van der Waals surface area contributed by atoms with E-state index < -0.39 is 5.91 Å². The molecule has 0 spiro atoms. The summed E-state index contributed by atoms with van der Waals surface area (Å²) < 4.78 is 0. The van der Waals surface area contributed by atoms with Crippen molar-refractivity contribution < 1.29 is 9.59 Å². The second-order valence-electron chi connectivity index (χ2n) is 5.45. The molecule has 4 N–H and O–H groups in total. The van der Waals surface area contributed by atoms with Gasteiger partial charge >= 0.3 is 0 Å². The number of carbonyl (C=O) groups is 2. The summed E-state index contributed by atoms with van der Waals surface area (Å²) in [5, 5.41) is 6.27. The topological polar surface area (TPSA) is 97.1 Å². The van der Waals surface area contributed by atoms with E-state index in [9.17, 15) is 9.59 Å². The number of hydrogen-bond donors (Lipinski definition) is 3. The van der Waals surface area contributed by atoms with Gasteiger partial charge in [-0.1, -0.05) is 0 Å². The Morgan fingerprint density at radius 2 is 2.33 bits per heavy atom. The molecule has 1 aliphatic heterocycles. The maximum Gasteiger partial charge on any atom is 0.267 e. The predicted molar refractivity (Wildman–Crippen MR) is 80.0 cm³/mol. The van der Waals surface area contributed by atoms with E-state index in [1.807, 2.05) is 0 Å². The lowest BCUT2D eigenvalue weighted by molar-refractivity contribution is 0.0950. The number of amides is 2. The van der Waals surface area contributed by atoms with Crippen LogP contribution in [0.25, 0.3) is 0 Å². The summed E-state index contributed by atoms with van der Waals surface area (Å²) in [6, 6.07) is 1.61. The van der Waals surface area contributed by atoms with Crippen molar-refractivity contribution in [1.82, 2.24) is 15.6 Å². The van der Waals surface area contributed by atoms with Crippen LogP contribution in [-0.4, -0.2) is 36.4 Å². The first-order valence-corrected chi connectivity index (χ1v) is 7.34. The lowest BCUT2D eigenvalue weighted by atomic mass is 9.96. The molecule has 0 bridgehead atoms. The number of primary amides is 1. The summed E-state index contributed by atoms with van der Waals surface area (Å²) >= 11 is 0. The highest BCUT2D eigenvalue weighted by atomic mass is 16.2. The molecule has 0 aromatic carbocycles. The molecule has 1 aliphatic rings. The molecule has 1 atom stereocenters. The van der Waals surface area contributed by atoms with Crippen molar-refractivity contribution in [2.75, 3.05) is 19.6 Å². The van der Waals surface area contributed by atoms with Gasteiger partial charge in [-0.15, -0.1) is 0 Å². The zero-order valence-electron chi connectivity index (χ0n) is 12.3. The van der Waals surface area contributed by atoms with Gasteiger partial charge in [-0.2, -0.15) is 0 Å². The van der Waals surface area contributed by atoms with E-state index in [1.165, 1.54) is 19.0 Å². The van der Waals surface area contributed by atoms with E-state index >= 15 is 0 Å². The molecule has 0 aliphatic carbocycles. The molecule has 21 heavy (non-hydrogen) atoms. The summed E-state index contributed by atoms with van der Waals surface area (Å²) in [7, 11) is 0. The van der Waals surface area contributed by atoms with Crippen LogP contribution in [0.3, 0.4) is 0 Å². The number of nitrogens with zero attached hydrogens (tertiary/aromatic N) is 1. The van der Waals surface area contributed by atoms with Gasteiger partial charge in [0.1, 0.15) is 5.69 Å². The van der Waals surface area contributed by atoms with Crippen molar-refractivity contribution in [3.05, 3.63) is 29.1 Å². The summed E-state index contributed by atoms with van der Waals surface area (Å²) in [5.41, 5.74) is 6.38. The zero-order valence-corrected chi connectivity index (χ0v) is 12.3. The molecule has 1 unspecified atom stereocenters. The number of nitrogens with one attached hydrogen (secondary N) is 2. The molecule has 1 aromatic rings. The smallest absolute Gasteiger partial charge is 0.267 e. The van der Waals surface area contributed by atoms with Gasteiger partial charge in [0, 0.05) is 18.3 Å². The maximum absolute atomic E-state index is 12.2. The van der Waals surface area contributed by atoms with Crippen LogP contribution in [0, 0.1) is 12.8 Å². The number of hydrogen-bond acceptors (Lipinski definition) is 4. The highest BCUT2D eigenvalue weighted by Crippen LogP contribution is 2.14. The second kappa shape index (κ2) is 7.17. The summed E-state index contributed by atoms with van der Waals surface area (Å²) in [5.74, 6) is -0.171. The molecule has 6 heteroatoms. The normalized spacial score (nSPS) is 18.2. The Morgan fingerprint density at radius 1 is 1.52 bits per heavy atom. The van der Waals surface area contributed by atoms with Crippen LogP contribution in [0.2, 0.25) is 0 Å². The minimum absolute atomic E-state index is 0.152. The quantitative estimate of drug-likeness (QED) is 0.740. The van der Waals surface area contributed by atoms with E-state index in [0.29, 0.717) is 23.6 Å². The Labute approximate surface area is 124 Å². The Bertz CT molecular complexity index is 524. The van der Waals surface area contributed by atoms with Crippen LogP contribution in [0.15, 0.2) is 12.3 Å². The van der Waals surface area contributed by atoms with Crippen molar-refractivity contribution in [2.24, 2.45) is 11.7 Å². The average molecular weight is 290 g/mol. The Morgan fingerprint density at radius 3 is 3.00 bits per heavy atom.